The van der Waals surface area contributed by atoms with Crippen LogP contribution in [0.1, 0.15) is 44.3 Å². The molecule has 2 aromatic carbocycles. The van der Waals surface area contributed by atoms with Gasteiger partial charge in [0.1, 0.15) is 13.4 Å². The Morgan fingerprint density at radius 1 is 0.912 bits per heavy atom. The van der Waals surface area contributed by atoms with Crippen molar-refractivity contribution in [3.05, 3.63) is 64.6 Å². The number of aryl methyl sites for hydroxylation is 6. The summed E-state index contributed by atoms with van der Waals surface area (Å²) in [5.74, 6) is 0.0330. The molecule has 5 rings (SSSR count). The molecular formula is C28H33N4OSi+. The van der Waals surface area contributed by atoms with E-state index < -0.39 is 35.5 Å². The van der Waals surface area contributed by atoms with E-state index in [1.807, 2.05) is 19.6 Å². The van der Waals surface area contributed by atoms with Crippen LogP contribution in [0.3, 0.4) is 0 Å². The Hall–Kier alpha value is -3.25. The highest BCUT2D eigenvalue weighted by Crippen LogP contribution is 2.37. The number of hydrogen-bond donors (Lipinski definition) is 0. The standard InChI is InChI=1S/C28H33N4OSi/c1-16-10-19(4)26-27(33-28-30-29-15-32(26)28)25(16)23-13-22(20(5)14-31(23)6)24-17(2)11-21(12-18(24)3)34(7,8)9/h10-15H,1-9H3/q+1/i2D3,3D3,4D3,5D3. The lowest BCUT2D eigenvalue weighted by molar-refractivity contribution is -0.660. The molecule has 0 aliphatic carbocycles. The molecule has 0 atom stereocenters. The molecule has 0 saturated heterocycles. The van der Waals surface area contributed by atoms with Gasteiger partial charge in [-0.25, -0.2) is 8.97 Å². The molecule has 0 aliphatic rings. The molecule has 0 bridgehead atoms. The molecule has 0 unspecified atom stereocenters. The Morgan fingerprint density at radius 2 is 1.62 bits per heavy atom. The van der Waals surface area contributed by atoms with Crippen LogP contribution in [0.5, 0.6) is 0 Å². The number of nitrogens with zero attached hydrogens (tertiary/aromatic N) is 4. The molecule has 3 aromatic heterocycles. The van der Waals surface area contributed by atoms with Crippen LogP contribution in [-0.4, -0.2) is 22.7 Å². The summed E-state index contributed by atoms with van der Waals surface area (Å²) in [6.45, 7) is -3.31. The van der Waals surface area contributed by atoms with Crippen LogP contribution in [-0.2, 0) is 7.05 Å². The van der Waals surface area contributed by atoms with Crippen molar-refractivity contribution in [1.82, 2.24) is 14.6 Å². The Morgan fingerprint density at radius 3 is 2.26 bits per heavy atom. The van der Waals surface area contributed by atoms with Gasteiger partial charge in [0, 0.05) is 28.1 Å². The van der Waals surface area contributed by atoms with E-state index in [4.69, 9.17) is 20.9 Å². The Kier molecular flexibility index (Phi) is 2.80. The van der Waals surface area contributed by atoms with Gasteiger partial charge in [0.2, 0.25) is 5.69 Å². The van der Waals surface area contributed by atoms with Crippen molar-refractivity contribution in [2.24, 2.45) is 7.05 Å². The molecule has 0 aliphatic heterocycles. The minimum Gasteiger partial charge on any atom is -0.421 e. The maximum absolute atomic E-state index is 8.46. The molecule has 6 heteroatoms. The second-order valence-corrected chi connectivity index (χ2v) is 14.7. The van der Waals surface area contributed by atoms with Gasteiger partial charge < -0.3 is 4.42 Å². The first-order chi connectivity index (χ1) is 20.8. The predicted molar refractivity (Wildman–Crippen MR) is 141 cm³/mol. The van der Waals surface area contributed by atoms with Crippen molar-refractivity contribution >= 4 is 30.2 Å². The van der Waals surface area contributed by atoms with Crippen molar-refractivity contribution in [3.8, 4) is 22.4 Å². The quantitative estimate of drug-likeness (QED) is 0.244. The van der Waals surface area contributed by atoms with Crippen LogP contribution in [0, 0.1) is 34.3 Å². The zero-order valence-corrected chi connectivity index (χ0v) is 20.7. The smallest absolute Gasteiger partial charge is 0.327 e. The first-order valence-electron chi connectivity index (χ1n) is 16.8. The highest BCUT2D eigenvalue weighted by molar-refractivity contribution is 6.88. The minimum atomic E-state index is -2.79. The monoisotopic (exact) mass is 481 g/mol. The number of oxazole rings is 1. The second kappa shape index (κ2) is 7.63. The summed E-state index contributed by atoms with van der Waals surface area (Å²) in [6, 6.07) is 5.92. The van der Waals surface area contributed by atoms with Crippen molar-refractivity contribution in [1.29, 1.82) is 0 Å². The SMILES string of the molecule is [2H]C([2H])([2H])c1c[n+](C)c(-c2c(C)cc(C([2H])([2H])[2H])c3c2oc2nncn23)cc1-c1c(C([2H])([2H])[2H])cc([Si](C)(C)C)cc1C([2H])([2H])[2H]. The molecule has 34 heavy (non-hydrogen) atoms. The molecule has 0 saturated carbocycles. The van der Waals surface area contributed by atoms with E-state index in [0.29, 0.717) is 22.0 Å². The summed E-state index contributed by atoms with van der Waals surface area (Å²) >= 11 is 0. The lowest BCUT2D eigenvalue weighted by Crippen LogP contribution is -2.38. The third kappa shape index (κ3) is 3.39. The number of pyridine rings is 1. The topological polar surface area (TPSA) is 47.2 Å². The lowest BCUT2D eigenvalue weighted by atomic mass is 9.91. The van der Waals surface area contributed by atoms with Crippen LogP contribution in [0.4, 0.5) is 0 Å². The lowest BCUT2D eigenvalue weighted by Gasteiger charge is -2.21. The number of fused-ring (bicyclic) bond motifs is 3. The Labute approximate surface area is 219 Å². The molecule has 0 spiro atoms. The molecule has 0 fully saturated rings. The summed E-state index contributed by atoms with van der Waals surface area (Å²) in [7, 11) is -0.662. The van der Waals surface area contributed by atoms with E-state index in [-0.39, 0.29) is 50.3 Å². The van der Waals surface area contributed by atoms with Crippen LogP contribution < -0.4 is 9.75 Å². The van der Waals surface area contributed by atoms with Crippen LogP contribution in [0.2, 0.25) is 19.6 Å². The molecule has 5 aromatic rings. The number of rotatable bonds is 3. The Balaban J connectivity index is 2.00. The van der Waals surface area contributed by atoms with Gasteiger partial charge in [-0.15, -0.1) is 5.10 Å². The first-order valence-corrected chi connectivity index (χ1v) is 14.3. The molecule has 0 N–H and O–H groups in total. The molecular weight excluding hydrogens is 436 g/mol. The van der Waals surface area contributed by atoms with Gasteiger partial charge in [0.15, 0.2) is 11.8 Å². The van der Waals surface area contributed by atoms with Crippen molar-refractivity contribution in [2.75, 3.05) is 0 Å². The molecule has 3 heterocycles. The summed E-state index contributed by atoms with van der Waals surface area (Å²) in [5.41, 5.74) is 0.453. The first kappa shape index (κ1) is 12.5. The fraction of sp³-hybridized carbons (Fsp3) is 0.321. The number of benzene rings is 2. The van der Waals surface area contributed by atoms with Crippen molar-refractivity contribution < 1.29 is 25.4 Å². The van der Waals surface area contributed by atoms with Gasteiger partial charge in [-0.05, 0) is 67.7 Å². The molecule has 0 radical (unpaired) electrons. The van der Waals surface area contributed by atoms with Crippen LogP contribution in [0.25, 0.3) is 39.3 Å². The summed E-state index contributed by atoms with van der Waals surface area (Å²) in [6.07, 6.45) is 2.65. The normalized spacial score (nSPS) is 19.0. The zero-order chi connectivity index (χ0) is 34.5. The van der Waals surface area contributed by atoms with Crippen molar-refractivity contribution in [2.45, 2.75) is 54.0 Å². The van der Waals surface area contributed by atoms with Crippen molar-refractivity contribution in [3.63, 3.8) is 0 Å². The average Bonchev–Trinajstić information content (AvgIpc) is 3.47. The van der Waals surface area contributed by atoms with E-state index in [2.05, 4.69) is 10.2 Å². The van der Waals surface area contributed by atoms with Gasteiger partial charge in [-0.3, -0.25) is 0 Å². The van der Waals surface area contributed by atoms with E-state index in [9.17, 15) is 0 Å². The highest BCUT2D eigenvalue weighted by Gasteiger charge is 2.26. The van der Waals surface area contributed by atoms with Crippen LogP contribution in [0.15, 0.2) is 41.2 Å². The minimum absolute atomic E-state index is 0.0133. The van der Waals surface area contributed by atoms with Gasteiger partial charge in [0.05, 0.1) is 19.2 Å². The summed E-state index contributed by atoms with van der Waals surface area (Å²) in [4.78, 5) is 0. The molecule has 174 valence electrons. The van der Waals surface area contributed by atoms with Gasteiger partial charge in [0.25, 0.3) is 0 Å². The summed E-state index contributed by atoms with van der Waals surface area (Å²) < 4.78 is 109. The zero-order valence-electron chi connectivity index (χ0n) is 31.7. The maximum Gasteiger partial charge on any atom is 0.327 e. The molecule has 0 amide bonds. The fourth-order valence-corrected chi connectivity index (χ4v) is 5.60. The third-order valence-corrected chi connectivity index (χ3v) is 8.23. The van der Waals surface area contributed by atoms with E-state index in [0.717, 1.165) is 0 Å². The van der Waals surface area contributed by atoms with Gasteiger partial charge in [-0.1, -0.05) is 48.1 Å². The summed E-state index contributed by atoms with van der Waals surface area (Å²) in [5, 5.41) is 8.37. The van der Waals surface area contributed by atoms with E-state index in [1.54, 1.807) is 14.0 Å². The van der Waals surface area contributed by atoms with E-state index in [1.165, 1.54) is 45.8 Å². The highest BCUT2D eigenvalue weighted by atomic mass is 28.3. The average molecular weight is 482 g/mol. The fourth-order valence-electron chi connectivity index (χ4n) is 4.44. The molecule has 5 nitrogen and oxygen atoms in total. The largest absolute Gasteiger partial charge is 0.421 e. The van der Waals surface area contributed by atoms with Crippen LogP contribution >= 0.6 is 0 Å². The van der Waals surface area contributed by atoms with Gasteiger partial charge in [-0.2, -0.15) is 0 Å². The second-order valence-electron chi connectivity index (χ2n) is 9.67. The predicted octanol–water partition coefficient (Wildman–Crippen LogP) is 5.72. The number of aromatic nitrogens is 4. The Bertz CT molecular complexity index is 1970. The van der Waals surface area contributed by atoms with E-state index >= 15 is 0 Å². The van der Waals surface area contributed by atoms with Gasteiger partial charge >= 0.3 is 5.84 Å². The maximum atomic E-state index is 8.46. The third-order valence-electron chi connectivity index (χ3n) is 6.21. The number of hydrogen-bond acceptors (Lipinski definition) is 3.